The van der Waals surface area contributed by atoms with Gasteiger partial charge in [0.2, 0.25) is 0 Å². The van der Waals surface area contributed by atoms with Crippen LogP contribution in [0.25, 0.3) is 11.1 Å². The number of morpholine rings is 1. The van der Waals surface area contributed by atoms with E-state index in [-0.39, 0.29) is 10.8 Å². The molecule has 1 aromatic heterocycles. The maximum atomic E-state index is 13.9. The van der Waals surface area contributed by atoms with Crippen LogP contribution in [0.2, 0.25) is 10.0 Å². The molecule has 9 heteroatoms. The van der Waals surface area contributed by atoms with Crippen molar-refractivity contribution in [3.63, 3.8) is 0 Å². The molecule has 1 unspecified atom stereocenters. The fourth-order valence-corrected chi connectivity index (χ4v) is 4.41. The zero-order valence-electron chi connectivity index (χ0n) is 18.8. The fourth-order valence-electron chi connectivity index (χ4n) is 3.73. The Morgan fingerprint density at radius 3 is 2.59 bits per heavy atom. The third-order valence-corrected chi connectivity index (χ3v) is 6.35. The van der Waals surface area contributed by atoms with Crippen LogP contribution in [-0.4, -0.2) is 49.3 Å². The summed E-state index contributed by atoms with van der Waals surface area (Å²) in [6, 6.07) is 12.2. The lowest BCUT2D eigenvalue weighted by atomic mass is 10.1. The molecule has 1 saturated heterocycles. The molecule has 0 bridgehead atoms. The van der Waals surface area contributed by atoms with Crippen molar-refractivity contribution in [1.82, 2.24) is 9.88 Å². The number of pyridine rings is 1. The highest BCUT2D eigenvalue weighted by molar-refractivity contribution is 6.36. The second-order valence-corrected chi connectivity index (χ2v) is 8.74. The van der Waals surface area contributed by atoms with Crippen molar-refractivity contribution < 1.29 is 18.6 Å². The maximum absolute atomic E-state index is 13.9. The summed E-state index contributed by atoms with van der Waals surface area (Å²) in [4.78, 5) is 6.58. The van der Waals surface area contributed by atoms with Gasteiger partial charge in [0, 0.05) is 42.0 Å². The second kappa shape index (κ2) is 11.2. The van der Waals surface area contributed by atoms with Crippen LogP contribution in [-0.2, 0) is 4.74 Å². The minimum Gasteiger partial charge on any atom is -0.492 e. The van der Waals surface area contributed by atoms with Gasteiger partial charge in [0.25, 0.3) is 0 Å². The van der Waals surface area contributed by atoms with E-state index in [0.29, 0.717) is 22.9 Å². The Labute approximate surface area is 208 Å². The predicted molar refractivity (Wildman–Crippen MR) is 132 cm³/mol. The largest absolute Gasteiger partial charge is 0.492 e. The maximum Gasteiger partial charge on any atom is 0.166 e. The Balaban J connectivity index is 1.43. The highest BCUT2D eigenvalue weighted by Crippen LogP contribution is 2.37. The Kier molecular flexibility index (Phi) is 8.11. The first-order chi connectivity index (χ1) is 16.4. The van der Waals surface area contributed by atoms with Crippen molar-refractivity contribution in [2.24, 2.45) is 0 Å². The van der Waals surface area contributed by atoms with E-state index in [9.17, 15) is 4.39 Å². The molecule has 0 amide bonds. The molecule has 0 spiro atoms. The molecule has 4 rings (SSSR count). The molecule has 2 aromatic carbocycles. The summed E-state index contributed by atoms with van der Waals surface area (Å²) in [6.07, 6.45) is 1.03. The first-order valence-corrected chi connectivity index (χ1v) is 11.8. The van der Waals surface area contributed by atoms with Crippen LogP contribution in [0.15, 0.2) is 48.7 Å². The highest BCUT2D eigenvalue weighted by Gasteiger charge is 2.20. The summed E-state index contributed by atoms with van der Waals surface area (Å²) in [6.45, 7) is 6.63. The van der Waals surface area contributed by atoms with Crippen LogP contribution in [0, 0.1) is 5.82 Å². The number of nitrogens with zero attached hydrogens (tertiary/aromatic N) is 2. The predicted octanol–water partition coefficient (Wildman–Crippen LogP) is 5.63. The molecule has 0 saturated carbocycles. The van der Waals surface area contributed by atoms with Crippen LogP contribution < -0.4 is 15.2 Å². The summed E-state index contributed by atoms with van der Waals surface area (Å²) in [5.74, 6) is 0.791. The Hall–Kier alpha value is -2.58. The lowest BCUT2D eigenvalue weighted by Gasteiger charge is -2.26. The zero-order valence-corrected chi connectivity index (χ0v) is 20.3. The van der Waals surface area contributed by atoms with Crippen molar-refractivity contribution in [2.75, 3.05) is 45.2 Å². The minimum absolute atomic E-state index is 0.0769. The minimum atomic E-state index is -0.641. The zero-order chi connectivity index (χ0) is 24.1. The molecule has 1 atom stereocenters. The second-order valence-electron chi connectivity index (χ2n) is 7.95. The number of nitrogen functional groups attached to an aromatic ring is 1. The quantitative estimate of drug-likeness (QED) is 0.400. The van der Waals surface area contributed by atoms with E-state index in [2.05, 4.69) is 9.88 Å². The van der Waals surface area contributed by atoms with Gasteiger partial charge in [-0.25, -0.2) is 9.37 Å². The van der Waals surface area contributed by atoms with E-state index in [1.807, 2.05) is 24.3 Å². The third kappa shape index (κ3) is 5.91. The van der Waals surface area contributed by atoms with Gasteiger partial charge in [0.15, 0.2) is 11.6 Å². The number of ether oxygens (including phenoxy) is 3. The fraction of sp³-hybridized carbons (Fsp3) is 0.320. The summed E-state index contributed by atoms with van der Waals surface area (Å²) >= 11 is 12.3. The van der Waals surface area contributed by atoms with E-state index in [1.54, 1.807) is 19.2 Å². The van der Waals surface area contributed by atoms with Gasteiger partial charge >= 0.3 is 0 Å². The molecule has 1 aliphatic rings. The molecule has 1 aliphatic heterocycles. The molecule has 6 nitrogen and oxygen atoms in total. The summed E-state index contributed by atoms with van der Waals surface area (Å²) in [5, 5.41) is 0.234. The lowest BCUT2D eigenvalue weighted by Crippen LogP contribution is -2.38. The van der Waals surface area contributed by atoms with Gasteiger partial charge in [-0.3, -0.25) is 4.90 Å². The molecule has 2 N–H and O–H groups in total. The topological polar surface area (TPSA) is 69.8 Å². The Morgan fingerprint density at radius 1 is 1.12 bits per heavy atom. The molecule has 2 heterocycles. The first kappa shape index (κ1) is 24.5. The van der Waals surface area contributed by atoms with E-state index < -0.39 is 11.9 Å². The van der Waals surface area contributed by atoms with Crippen molar-refractivity contribution in [1.29, 1.82) is 0 Å². The lowest BCUT2D eigenvalue weighted by molar-refractivity contribution is 0.0322. The Morgan fingerprint density at radius 2 is 1.85 bits per heavy atom. The van der Waals surface area contributed by atoms with Gasteiger partial charge in [-0.05, 0) is 42.8 Å². The number of aromatic nitrogens is 1. The van der Waals surface area contributed by atoms with Gasteiger partial charge in [0.05, 0.1) is 18.2 Å². The smallest absolute Gasteiger partial charge is 0.166 e. The molecular weight excluding hydrogens is 480 g/mol. The standard InChI is InChI=1S/C25H26Cl2FN3O3/c1-16(23-20(26)6-7-21(28)24(23)27)34-22-14-18(15-30-25(22)29)17-2-4-19(5-3-17)33-13-10-31-8-11-32-12-9-31/h2-7,14-16H,8-13H2,1H3,(H2,29,30). The van der Waals surface area contributed by atoms with E-state index in [4.69, 9.17) is 43.1 Å². The molecular formula is C25H26Cl2FN3O3. The van der Waals surface area contributed by atoms with E-state index in [1.165, 1.54) is 12.1 Å². The summed E-state index contributed by atoms with van der Waals surface area (Å²) in [5.41, 5.74) is 8.12. The van der Waals surface area contributed by atoms with Crippen molar-refractivity contribution >= 4 is 29.0 Å². The molecule has 0 radical (unpaired) electrons. The SMILES string of the molecule is CC(Oc1cc(-c2ccc(OCCN3CCOCC3)cc2)cnc1N)c1c(Cl)ccc(F)c1Cl. The van der Waals surface area contributed by atoms with Crippen LogP contribution in [0.3, 0.4) is 0 Å². The third-order valence-electron chi connectivity index (χ3n) is 5.64. The normalized spacial score (nSPS) is 15.2. The number of rotatable bonds is 8. The molecule has 0 aliphatic carbocycles. The number of benzene rings is 2. The van der Waals surface area contributed by atoms with E-state index >= 15 is 0 Å². The first-order valence-electron chi connectivity index (χ1n) is 11.0. The van der Waals surface area contributed by atoms with E-state index in [0.717, 1.165) is 49.7 Å². The van der Waals surface area contributed by atoms with Crippen molar-refractivity contribution in [2.45, 2.75) is 13.0 Å². The molecule has 180 valence electrons. The summed E-state index contributed by atoms with van der Waals surface area (Å²) in [7, 11) is 0. The number of hydrogen-bond donors (Lipinski definition) is 1. The molecule has 34 heavy (non-hydrogen) atoms. The van der Waals surface area contributed by atoms with Crippen molar-refractivity contribution in [3.05, 3.63) is 70.1 Å². The average molecular weight is 506 g/mol. The average Bonchev–Trinajstić information content (AvgIpc) is 2.84. The molecule has 3 aromatic rings. The summed E-state index contributed by atoms with van der Waals surface area (Å²) < 4.78 is 31.2. The van der Waals surface area contributed by atoms with Gasteiger partial charge in [0.1, 0.15) is 24.3 Å². The monoisotopic (exact) mass is 505 g/mol. The van der Waals surface area contributed by atoms with Crippen LogP contribution >= 0.6 is 23.2 Å². The van der Waals surface area contributed by atoms with Crippen molar-refractivity contribution in [3.8, 4) is 22.6 Å². The van der Waals surface area contributed by atoms with Crippen LogP contribution in [0.5, 0.6) is 11.5 Å². The van der Waals surface area contributed by atoms with Gasteiger partial charge in [-0.1, -0.05) is 35.3 Å². The van der Waals surface area contributed by atoms with Gasteiger partial charge in [-0.2, -0.15) is 0 Å². The van der Waals surface area contributed by atoms with Crippen LogP contribution in [0.4, 0.5) is 10.2 Å². The number of anilines is 1. The number of halogens is 3. The number of hydrogen-bond acceptors (Lipinski definition) is 6. The van der Waals surface area contributed by atoms with Gasteiger partial charge in [-0.15, -0.1) is 0 Å². The highest BCUT2D eigenvalue weighted by atomic mass is 35.5. The molecule has 1 fully saturated rings. The Bertz CT molecular complexity index is 1130. The number of nitrogens with two attached hydrogens (primary N) is 1. The van der Waals surface area contributed by atoms with Crippen LogP contribution in [0.1, 0.15) is 18.6 Å². The van der Waals surface area contributed by atoms with Gasteiger partial charge < -0.3 is 19.9 Å².